The maximum atomic E-state index is 12.7. The maximum absolute atomic E-state index is 12.7. The van der Waals surface area contributed by atoms with Crippen LogP contribution in [0.5, 0.6) is 0 Å². The Morgan fingerprint density at radius 3 is 3.00 bits per heavy atom. The van der Waals surface area contributed by atoms with Crippen molar-refractivity contribution in [2.24, 2.45) is 11.3 Å². The van der Waals surface area contributed by atoms with E-state index in [1.54, 1.807) is 23.7 Å². The zero-order valence-corrected chi connectivity index (χ0v) is 15.2. The number of hydrogen-bond acceptors (Lipinski definition) is 4. The molecule has 0 N–H and O–H groups in total. The predicted octanol–water partition coefficient (Wildman–Crippen LogP) is 3.53. The first-order valence-electron chi connectivity index (χ1n) is 9.01. The molecule has 4 nitrogen and oxygen atoms in total. The molecule has 1 aliphatic heterocycles. The summed E-state index contributed by atoms with van der Waals surface area (Å²) in [6, 6.07) is 6.04. The molecule has 2 aromatic rings. The summed E-state index contributed by atoms with van der Waals surface area (Å²) < 4.78 is 6.08. The average Bonchev–Trinajstić information content (AvgIpc) is 3.31. The first kappa shape index (κ1) is 16.7. The number of amides is 1. The zero-order valence-electron chi connectivity index (χ0n) is 14.4. The standard InChI is InChI=1S/C20H24N2O2S/c23-19(10-17-5-9-25-13-17)22-11-18-2-1-6-20(18,14-22)15-24-12-16-3-7-21-8-4-16/h3-5,7-9,13,18H,1-2,6,10-12,14-15H2/t18-,20+/m0/s1. The topological polar surface area (TPSA) is 42.4 Å². The summed E-state index contributed by atoms with van der Waals surface area (Å²) in [6.07, 6.45) is 7.79. The molecule has 1 saturated heterocycles. The van der Waals surface area contributed by atoms with E-state index in [0.717, 1.165) is 30.8 Å². The molecule has 5 heteroatoms. The quantitative estimate of drug-likeness (QED) is 0.795. The van der Waals surface area contributed by atoms with E-state index in [2.05, 4.69) is 15.3 Å². The van der Waals surface area contributed by atoms with Gasteiger partial charge >= 0.3 is 0 Å². The van der Waals surface area contributed by atoms with Crippen LogP contribution in [-0.4, -0.2) is 35.5 Å². The van der Waals surface area contributed by atoms with Gasteiger partial charge in [-0.1, -0.05) is 6.42 Å². The Kier molecular flexibility index (Phi) is 4.86. The molecule has 2 atom stereocenters. The van der Waals surface area contributed by atoms with Gasteiger partial charge in [0.2, 0.25) is 5.91 Å². The predicted molar refractivity (Wildman–Crippen MR) is 98.3 cm³/mol. The van der Waals surface area contributed by atoms with Crippen LogP contribution in [-0.2, 0) is 22.6 Å². The number of carbonyl (C=O) groups excluding carboxylic acids is 1. The number of pyridine rings is 1. The molecule has 0 spiro atoms. The second-order valence-corrected chi connectivity index (χ2v) is 8.16. The van der Waals surface area contributed by atoms with Crippen LogP contribution in [0.3, 0.4) is 0 Å². The van der Waals surface area contributed by atoms with Crippen LogP contribution in [0.4, 0.5) is 0 Å². The highest BCUT2D eigenvalue weighted by molar-refractivity contribution is 7.08. The first-order valence-corrected chi connectivity index (χ1v) is 9.95. The average molecular weight is 356 g/mol. The summed E-state index contributed by atoms with van der Waals surface area (Å²) in [7, 11) is 0. The molecule has 2 fully saturated rings. The van der Waals surface area contributed by atoms with Gasteiger partial charge in [-0.2, -0.15) is 11.3 Å². The van der Waals surface area contributed by atoms with E-state index in [1.165, 1.54) is 19.3 Å². The molecule has 0 radical (unpaired) electrons. The third kappa shape index (κ3) is 3.62. The van der Waals surface area contributed by atoms with E-state index < -0.39 is 0 Å². The molecule has 2 aliphatic rings. The number of nitrogens with zero attached hydrogens (tertiary/aromatic N) is 2. The van der Waals surface area contributed by atoms with Gasteiger partial charge in [-0.15, -0.1) is 0 Å². The van der Waals surface area contributed by atoms with Crippen LogP contribution in [0.25, 0.3) is 0 Å². The van der Waals surface area contributed by atoms with Crippen molar-refractivity contribution in [2.75, 3.05) is 19.7 Å². The third-order valence-electron chi connectivity index (χ3n) is 5.74. The fourth-order valence-corrected chi connectivity index (χ4v) is 5.04. The van der Waals surface area contributed by atoms with Crippen molar-refractivity contribution in [3.63, 3.8) is 0 Å². The van der Waals surface area contributed by atoms with Crippen LogP contribution in [0.15, 0.2) is 41.4 Å². The Bertz CT molecular complexity index is 704. The molecule has 132 valence electrons. The van der Waals surface area contributed by atoms with Crippen LogP contribution >= 0.6 is 11.3 Å². The molecule has 2 aromatic heterocycles. The van der Waals surface area contributed by atoms with E-state index >= 15 is 0 Å². The van der Waals surface area contributed by atoms with Gasteiger partial charge in [0.05, 0.1) is 19.6 Å². The van der Waals surface area contributed by atoms with Gasteiger partial charge in [0.1, 0.15) is 0 Å². The molecular formula is C20H24N2O2S. The van der Waals surface area contributed by atoms with Crippen LogP contribution in [0.1, 0.15) is 30.4 Å². The Hall–Kier alpha value is -1.72. The largest absolute Gasteiger partial charge is 0.376 e. The minimum atomic E-state index is 0.164. The normalized spacial score (nSPS) is 25.3. The lowest BCUT2D eigenvalue weighted by atomic mass is 9.81. The molecule has 0 bridgehead atoms. The summed E-state index contributed by atoms with van der Waals surface area (Å²) >= 11 is 1.65. The number of rotatable bonds is 6. The zero-order chi connectivity index (χ0) is 17.1. The Labute approximate surface area is 152 Å². The first-order chi connectivity index (χ1) is 12.3. The number of fused-ring (bicyclic) bond motifs is 1. The van der Waals surface area contributed by atoms with E-state index in [4.69, 9.17) is 4.74 Å². The maximum Gasteiger partial charge on any atom is 0.227 e. The van der Waals surface area contributed by atoms with Gasteiger partial charge in [-0.3, -0.25) is 9.78 Å². The summed E-state index contributed by atoms with van der Waals surface area (Å²) in [5.41, 5.74) is 2.46. The molecule has 1 saturated carbocycles. The van der Waals surface area contributed by atoms with Crippen molar-refractivity contribution in [3.05, 3.63) is 52.5 Å². The van der Waals surface area contributed by atoms with E-state index in [1.807, 2.05) is 23.6 Å². The molecule has 1 amide bonds. The highest BCUT2D eigenvalue weighted by Crippen LogP contribution is 2.49. The summed E-state index contributed by atoms with van der Waals surface area (Å²) in [5, 5.41) is 4.11. The minimum Gasteiger partial charge on any atom is -0.376 e. The molecule has 4 rings (SSSR count). The van der Waals surface area contributed by atoms with Gasteiger partial charge in [0.25, 0.3) is 0 Å². The van der Waals surface area contributed by atoms with Crippen molar-refractivity contribution in [3.8, 4) is 0 Å². The Morgan fingerprint density at radius 2 is 2.20 bits per heavy atom. The number of thiophene rings is 1. The van der Waals surface area contributed by atoms with Crippen molar-refractivity contribution in [1.29, 1.82) is 0 Å². The number of hydrogen-bond donors (Lipinski definition) is 0. The van der Waals surface area contributed by atoms with Crippen molar-refractivity contribution >= 4 is 17.2 Å². The SMILES string of the molecule is O=C(Cc1ccsc1)N1C[C@@H]2CCC[C@]2(COCc2ccncc2)C1. The van der Waals surface area contributed by atoms with Gasteiger partial charge in [-0.05, 0) is 58.8 Å². The van der Waals surface area contributed by atoms with E-state index in [9.17, 15) is 4.79 Å². The monoisotopic (exact) mass is 356 g/mol. The van der Waals surface area contributed by atoms with Crippen molar-refractivity contribution < 1.29 is 9.53 Å². The van der Waals surface area contributed by atoms with Crippen molar-refractivity contribution in [2.45, 2.75) is 32.3 Å². The van der Waals surface area contributed by atoms with Crippen molar-refractivity contribution in [1.82, 2.24) is 9.88 Å². The van der Waals surface area contributed by atoms with Crippen LogP contribution < -0.4 is 0 Å². The van der Waals surface area contributed by atoms with Crippen LogP contribution in [0.2, 0.25) is 0 Å². The number of carbonyl (C=O) groups is 1. The third-order valence-corrected chi connectivity index (χ3v) is 6.47. The van der Waals surface area contributed by atoms with Gasteiger partial charge in [-0.25, -0.2) is 0 Å². The second-order valence-electron chi connectivity index (χ2n) is 7.38. The Morgan fingerprint density at radius 1 is 1.32 bits per heavy atom. The fraction of sp³-hybridized carbons (Fsp3) is 0.500. The smallest absolute Gasteiger partial charge is 0.227 e. The second kappa shape index (κ2) is 7.26. The number of likely N-dealkylation sites (tertiary alicyclic amines) is 1. The van der Waals surface area contributed by atoms with E-state index in [0.29, 0.717) is 18.9 Å². The van der Waals surface area contributed by atoms with Crippen LogP contribution in [0, 0.1) is 11.3 Å². The Balaban J connectivity index is 1.36. The van der Waals surface area contributed by atoms with Gasteiger partial charge in [0, 0.05) is 30.9 Å². The molecule has 0 aromatic carbocycles. The summed E-state index contributed by atoms with van der Waals surface area (Å²) in [6.45, 7) is 3.14. The lowest BCUT2D eigenvalue weighted by molar-refractivity contribution is -0.130. The highest BCUT2D eigenvalue weighted by atomic mass is 32.1. The lowest BCUT2D eigenvalue weighted by Gasteiger charge is -2.28. The molecule has 25 heavy (non-hydrogen) atoms. The number of ether oxygens (including phenoxy) is 1. The van der Waals surface area contributed by atoms with E-state index in [-0.39, 0.29) is 11.3 Å². The van der Waals surface area contributed by atoms with Gasteiger partial charge < -0.3 is 9.64 Å². The number of aromatic nitrogens is 1. The lowest BCUT2D eigenvalue weighted by Crippen LogP contribution is -2.35. The molecule has 0 unspecified atom stereocenters. The summed E-state index contributed by atoms with van der Waals surface area (Å²) in [4.78, 5) is 18.8. The molecular weight excluding hydrogens is 332 g/mol. The fourth-order valence-electron chi connectivity index (χ4n) is 4.37. The summed E-state index contributed by atoms with van der Waals surface area (Å²) in [5.74, 6) is 0.859. The molecule has 1 aliphatic carbocycles. The highest BCUT2D eigenvalue weighted by Gasteiger charge is 2.50. The minimum absolute atomic E-state index is 0.164. The molecule has 3 heterocycles. The van der Waals surface area contributed by atoms with Gasteiger partial charge in [0.15, 0.2) is 0 Å².